The first-order valence-corrected chi connectivity index (χ1v) is 8.03. The SMILES string of the molecule is O[C@@H]1[C@H](O)[C@@H](Nc2cccc(C(F)(F)F)n2)CO[C@@H]1COc1cccnn1. The van der Waals surface area contributed by atoms with E-state index in [1.54, 1.807) is 12.1 Å². The quantitative estimate of drug-likeness (QED) is 0.695. The predicted octanol–water partition coefficient (Wildman–Crippen LogP) is 0.870. The summed E-state index contributed by atoms with van der Waals surface area (Å²) in [6, 6.07) is 5.72. The number of ether oxygens (including phenoxy) is 2. The van der Waals surface area contributed by atoms with E-state index in [1.807, 2.05) is 0 Å². The molecule has 3 rings (SSSR count). The van der Waals surface area contributed by atoms with Crippen LogP contribution in [-0.4, -0.2) is 63.0 Å². The molecule has 1 aliphatic rings. The van der Waals surface area contributed by atoms with Gasteiger partial charge < -0.3 is 25.0 Å². The van der Waals surface area contributed by atoms with E-state index in [9.17, 15) is 23.4 Å². The smallest absolute Gasteiger partial charge is 0.433 e. The highest BCUT2D eigenvalue weighted by molar-refractivity contribution is 5.37. The third-order valence-corrected chi connectivity index (χ3v) is 3.95. The van der Waals surface area contributed by atoms with Gasteiger partial charge in [0, 0.05) is 12.3 Å². The molecule has 27 heavy (non-hydrogen) atoms. The van der Waals surface area contributed by atoms with Crippen LogP contribution in [0.4, 0.5) is 19.0 Å². The fraction of sp³-hybridized carbons (Fsp3) is 0.438. The third kappa shape index (κ3) is 4.81. The van der Waals surface area contributed by atoms with E-state index >= 15 is 0 Å². The lowest BCUT2D eigenvalue weighted by Gasteiger charge is -2.37. The van der Waals surface area contributed by atoms with Gasteiger partial charge in [-0.1, -0.05) is 6.07 Å². The Labute approximate surface area is 152 Å². The van der Waals surface area contributed by atoms with E-state index in [0.29, 0.717) is 0 Å². The Kier molecular flexibility index (Phi) is 5.73. The lowest BCUT2D eigenvalue weighted by atomic mass is 9.98. The summed E-state index contributed by atoms with van der Waals surface area (Å²) in [5, 5.41) is 30.5. The highest BCUT2D eigenvalue weighted by atomic mass is 19.4. The van der Waals surface area contributed by atoms with Crippen LogP contribution in [0.5, 0.6) is 5.88 Å². The minimum Gasteiger partial charge on any atom is -0.474 e. The van der Waals surface area contributed by atoms with Crippen molar-refractivity contribution >= 4 is 5.82 Å². The fourth-order valence-electron chi connectivity index (χ4n) is 2.55. The minimum absolute atomic E-state index is 0.0648. The summed E-state index contributed by atoms with van der Waals surface area (Å²) in [4.78, 5) is 3.47. The van der Waals surface area contributed by atoms with Crippen molar-refractivity contribution in [2.45, 2.75) is 30.5 Å². The van der Waals surface area contributed by atoms with Gasteiger partial charge in [-0.3, -0.25) is 0 Å². The zero-order chi connectivity index (χ0) is 19.4. The summed E-state index contributed by atoms with van der Waals surface area (Å²) < 4.78 is 49.0. The first kappa shape index (κ1) is 19.3. The molecule has 3 heterocycles. The molecule has 0 radical (unpaired) electrons. The minimum atomic E-state index is -4.58. The van der Waals surface area contributed by atoms with Crippen molar-refractivity contribution in [1.29, 1.82) is 0 Å². The normalized spacial score (nSPS) is 25.8. The maximum Gasteiger partial charge on any atom is 0.433 e. The molecule has 0 spiro atoms. The molecule has 1 saturated heterocycles. The van der Waals surface area contributed by atoms with Crippen LogP contribution < -0.4 is 10.1 Å². The van der Waals surface area contributed by atoms with E-state index in [0.717, 1.165) is 6.07 Å². The van der Waals surface area contributed by atoms with E-state index in [4.69, 9.17) is 9.47 Å². The van der Waals surface area contributed by atoms with Crippen LogP contribution >= 0.6 is 0 Å². The largest absolute Gasteiger partial charge is 0.474 e. The van der Waals surface area contributed by atoms with Crippen molar-refractivity contribution in [2.24, 2.45) is 0 Å². The number of anilines is 1. The first-order chi connectivity index (χ1) is 12.8. The molecule has 1 aliphatic heterocycles. The van der Waals surface area contributed by atoms with Crippen molar-refractivity contribution in [3.05, 3.63) is 42.2 Å². The molecule has 0 saturated carbocycles. The van der Waals surface area contributed by atoms with Gasteiger partial charge in [-0.25, -0.2) is 4.98 Å². The number of hydrogen-bond acceptors (Lipinski definition) is 8. The number of aliphatic hydroxyl groups excluding tert-OH is 2. The van der Waals surface area contributed by atoms with Crippen molar-refractivity contribution in [1.82, 2.24) is 15.2 Å². The topological polar surface area (TPSA) is 110 Å². The number of pyridine rings is 1. The monoisotopic (exact) mass is 386 g/mol. The Balaban J connectivity index is 1.59. The number of aromatic nitrogens is 3. The van der Waals surface area contributed by atoms with Crippen molar-refractivity contribution in [2.75, 3.05) is 18.5 Å². The maximum atomic E-state index is 12.7. The summed E-state index contributed by atoms with van der Waals surface area (Å²) in [7, 11) is 0. The van der Waals surface area contributed by atoms with E-state index in [2.05, 4.69) is 20.5 Å². The molecule has 3 N–H and O–H groups in total. The first-order valence-electron chi connectivity index (χ1n) is 8.03. The summed E-state index contributed by atoms with van der Waals surface area (Å²) in [6.45, 7) is -0.143. The molecule has 2 aromatic heterocycles. The molecular weight excluding hydrogens is 369 g/mol. The molecule has 4 atom stereocenters. The number of nitrogens with zero attached hydrogens (tertiary/aromatic N) is 3. The zero-order valence-corrected chi connectivity index (χ0v) is 13.9. The van der Waals surface area contributed by atoms with E-state index in [1.165, 1.54) is 18.3 Å². The van der Waals surface area contributed by atoms with Crippen LogP contribution in [0.3, 0.4) is 0 Å². The number of halogens is 3. The van der Waals surface area contributed by atoms with Gasteiger partial charge in [0.2, 0.25) is 5.88 Å². The molecular formula is C16H17F3N4O4. The summed E-state index contributed by atoms with van der Waals surface area (Å²) >= 11 is 0. The number of alkyl halides is 3. The van der Waals surface area contributed by atoms with Crippen LogP contribution in [0.2, 0.25) is 0 Å². The summed E-state index contributed by atoms with van der Waals surface area (Å²) in [5.74, 6) is 0.148. The molecule has 2 aromatic rings. The molecule has 0 aliphatic carbocycles. The highest BCUT2D eigenvalue weighted by Crippen LogP contribution is 2.28. The molecule has 0 unspecified atom stereocenters. The van der Waals surface area contributed by atoms with Gasteiger partial charge in [-0.05, 0) is 18.2 Å². The van der Waals surface area contributed by atoms with Crippen LogP contribution in [0.15, 0.2) is 36.5 Å². The third-order valence-electron chi connectivity index (χ3n) is 3.95. The van der Waals surface area contributed by atoms with Crippen LogP contribution in [0.25, 0.3) is 0 Å². The second kappa shape index (κ2) is 8.03. The van der Waals surface area contributed by atoms with Gasteiger partial charge in [-0.2, -0.15) is 18.3 Å². The maximum absolute atomic E-state index is 12.7. The Morgan fingerprint density at radius 3 is 2.70 bits per heavy atom. The van der Waals surface area contributed by atoms with Gasteiger partial charge in [0.15, 0.2) is 0 Å². The average molecular weight is 386 g/mol. The Hall–Kier alpha value is -2.50. The molecule has 0 aromatic carbocycles. The van der Waals surface area contributed by atoms with Gasteiger partial charge in [0.1, 0.15) is 36.4 Å². The summed E-state index contributed by atoms with van der Waals surface area (Å²) in [5.41, 5.74) is -1.06. The fourth-order valence-corrected chi connectivity index (χ4v) is 2.55. The number of nitrogens with one attached hydrogen (secondary N) is 1. The van der Waals surface area contributed by atoms with Crippen molar-refractivity contribution < 1.29 is 32.9 Å². The van der Waals surface area contributed by atoms with Crippen molar-refractivity contribution in [3.63, 3.8) is 0 Å². The zero-order valence-electron chi connectivity index (χ0n) is 13.9. The van der Waals surface area contributed by atoms with Crippen LogP contribution in [-0.2, 0) is 10.9 Å². The molecule has 11 heteroatoms. The van der Waals surface area contributed by atoms with Gasteiger partial charge >= 0.3 is 6.18 Å². The summed E-state index contributed by atoms with van der Waals surface area (Å²) in [6.07, 6.45) is -6.57. The number of aliphatic hydroxyl groups is 2. The Morgan fingerprint density at radius 2 is 2.00 bits per heavy atom. The number of rotatable bonds is 5. The second-order valence-electron chi connectivity index (χ2n) is 5.88. The molecule has 0 amide bonds. The molecule has 1 fully saturated rings. The van der Waals surface area contributed by atoms with Crippen molar-refractivity contribution in [3.8, 4) is 5.88 Å². The Morgan fingerprint density at radius 1 is 1.19 bits per heavy atom. The van der Waals surface area contributed by atoms with Gasteiger partial charge in [-0.15, -0.1) is 5.10 Å². The molecule has 8 nitrogen and oxygen atoms in total. The van der Waals surface area contributed by atoms with Crippen LogP contribution in [0.1, 0.15) is 5.69 Å². The Bertz CT molecular complexity index is 750. The van der Waals surface area contributed by atoms with E-state index < -0.39 is 36.2 Å². The van der Waals surface area contributed by atoms with E-state index in [-0.39, 0.29) is 24.9 Å². The number of hydrogen-bond donors (Lipinski definition) is 3. The van der Waals surface area contributed by atoms with Gasteiger partial charge in [0.25, 0.3) is 0 Å². The molecule has 0 bridgehead atoms. The van der Waals surface area contributed by atoms with Gasteiger partial charge in [0.05, 0.1) is 12.6 Å². The second-order valence-corrected chi connectivity index (χ2v) is 5.88. The average Bonchev–Trinajstić information content (AvgIpc) is 2.65. The lowest BCUT2D eigenvalue weighted by molar-refractivity contribution is -0.150. The highest BCUT2D eigenvalue weighted by Gasteiger charge is 2.39. The predicted molar refractivity (Wildman–Crippen MR) is 85.9 cm³/mol. The standard InChI is InChI=1S/C16H17F3N4O4/c17-16(18,19)11-3-1-4-12(22-11)21-9-7-26-10(15(25)14(9)24)8-27-13-5-2-6-20-23-13/h1-6,9-10,14-15,24-25H,7-8H2,(H,21,22)/t9-,10+,14+,15-/m0/s1. The lowest BCUT2D eigenvalue weighted by Crippen LogP contribution is -2.57. The van der Waals surface area contributed by atoms with Crippen LogP contribution in [0, 0.1) is 0 Å². The molecule has 146 valence electrons.